The van der Waals surface area contributed by atoms with E-state index in [2.05, 4.69) is 9.88 Å². The Morgan fingerprint density at radius 2 is 1.95 bits per heavy atom. The summed E-state index contributed by atoms with van der Waals surface area (Å²) in [6.07, 6.45) is 2.88. The lowest BCUT2D eigenvalue weighted by Gasteiger charge is -2.18. The van der Waals surface area contributed by atoms with Gasteiger partial charge in [0.15, 0.2) is 0 Å². The van der Waals surface area contributed by atoms with E-state index in [-0.39, 0.29) is 5.91 Å². The van der Waals surface area contributed by atoms with Crippen molar-refractivity contribution in [1.82, 2.24) is 14.8 Å². The summed E-state index contributed by atoms with van der Waals surface area (Å²) >= 11 is 0. The summed E-state index contributed by atoms with van der Waals surface area (Å²) in [6.45, 7) is 1.77. The van der Waals surface area contributed by atoms with Crippen molar-refractivity contribution in [3.8, 4) is 0 Å². The largest absolute Gasteiger partial charge is 0.361 e. The van der Waals surface area contributed by atoms with Crippen LogP contribution < -0.4 is 0 Å². The van der Waals surface area contributed by atoms with Crippen LogP contribution in [0.4, 0.5) is 0 Å². The van der Waals surface area contributed by atoms with E-state index in [4.69, 9.17) is 0 Å². The van der Waals surface area contributed by atoms with Crippen molar-refractivity contribution in [3.63, 3.8) is 0 Å². The molecule has 1 aromatic heterocycles. The normalized spacial score (nSPS) is 11.2. The highest BCUT2D eigenvalue weighted by Gasteiger charge is 2.11. The van der Waals surface area contributed by atoms with Crippen LogP contribution in [-0.2, 0) is 0 Å². The van der Waals surface area contributed by atoms with Crippen LogP contribution in [0.2, 0.25) is 0 Å². The van der Waals surface area contributed by atoms with Crippen molar-refractivity contribution in [2.75, 3.05) is 34.2 Å². The van der Waals surface area contributed by atoms with Crippen LogP contribution in [0.15, 0.2) is 30.5 Å². The molecular weight excluding hydrogens is 238 g/mol. The topological polar surface area (TPSA) is 39.3 Å². The summed E-state index contributed by atoms with van der Waals surface area (Å²) < 4.78 is 0. The molecule has 0 aliphatic rings. The first-order valence-corrected chi connectivity index (χ1v) is 6.55. The molecule has 2 rings (SSSR count). The number of rotatable bonds is 5. The number of H-pyrrole nitrogens is 1. The van der Waals surface area contributed by atoms with E-state index < -0.39 is 0 Å². The molecule has 4 heteroatoms. The van der Waals surface area contributed by atoms with Crippen LogP contribution >= 0.6 is 0 Å². The Kier molecular flexibility index (Phi) is 4.22. The van der Waals surface area contributed by atoms with Gasteiger partial charge in [0.05, 0.1) is 0 Å². The monoisotopic (exact) mass is 259 g/mol. The lowest BCUT2D eigenvalue weighted by atomic mass is 10.1. The molecule has 0 bridgehead atoms. The van der Waals surface area contributed by atoms with Gasteiger partial charge in [0.1, 0.15) is 0 Å². The summed E-state index contributed by atoms with van der Waals surface area (Å²) in [5.74, 6) is 0.0851. The maximum atomic E-state index is 12.3. The third-order valence-corrected chi connectivity index (χ3v) is 3.25. The molecule has 0 radical (unpaired) electrons. The number of fused-ring (bicyclic) bond motifs is 1. The van der Waals surface area contributed by atoms with Crippen LogP contribution in [0.3, 0.4) is 0 Å². The van der Waals surface area contributed by atoms with Gasteiger partial charge in [0, 0.05) is 36.3 Å². The van der Waals surface area contributed by atoms with Gasteiger partial charge in [-0.25, -0.2) is 0 Å². The number of hydrogen-bond acceptors (Lipinski definition) is 2. The maximum absolute atomic E-state index is 12.3. The molecule has 0 saturated carbocycles. The third-order valence-electron chi connectivity index (χ3n) is 3.25. The minimum Gasteiger partial charge on any atom is -0.361 e. The Labute approximate surface area is 114 Å². The summed E-state index contributed by atoms with van der Waals surface area (Å²) in [5, 5.41) is 1.08. The molecule has 0 aliphatic heterocycles. The second kappa shape index (κ2) is 5.89. The minimum atomic E-state index is 0.0851. The summed E-state index contributed by atoms with van der Waals surface area (Å²) in [6, 6.07) is 7.76. The fourth-order valence-electron chi connectivity index (χ4n) is 2.13. The Balaban J connectivity index is 2.01. The number of amides is 1. The first-order chi connectivity index (χ1) is 9.08. The molecule has 102 valence electrons. The highest BCUT2D eigenvalue weighted by Crippen LogP contribution is 2.15. The molecule has 0 spiro atoms. The lowest BCUT2D eigenvalue weighted by molar-refractivity contribution is 0.0791. The predicted molar refractivity (Wildman–Crippen MR) is 78.4 cm³/mol. The average molecular weight is 259 g/mol. The number of benzene rings is 1. The molecular formula is C15H21N3O. The molecule has 0 unspecified atom stereocenters. The number of nitrogens with zero attached hydrogens (tertiary/aromatic N) is 2. The molecule has 1 aromatic carbocycles. The second-order valence-corrected chi connectivity index (χ2v) is 5.16. The van der Waals surface area contributed by atoms with Gasteiger partial charge < -0.3 is 14.8 Å². The second-order valence-electron chi connectivity index (χ2n) is 5.16. The zero-order valence-electron chi connectivity index (χ0n) is 11.8. The molecule has 0 fully saturated rings. The molecule has 4 nitrogen and oxygen atoms in total. The number of nitrogens with one attached hydrogen (secondary N) is 1. The number of aromatic nitrogens is 1. The van der Waals surface area contributed by atoms with Crippen LogP contribution in [0.25, 0.3) is 10.9 Å². The Morgan fingerprint density at radius 1 is 1.16 bits per heavy atom. The summed E-state index contributed by atoms with van der Waals surface area (Å²) in [4.78, 5) is 19.3. The highest BCUT2D eigenvalue weighted by molar-refractivity contribution is 5.97. The van der Waals surface area contributed by atoms with Gasteiger partial charge >= 0.3 is 0 Å². The SMILES string of the molecule is CN(C)CCCN(C)C(=O)c1ccc2[nH]ccc2c1. The van der Waals surface area contributed by atoms with Gasteiger partial charge in [-0.15, -0.1) is 0 Å². The van der Waals surface area contributed by atoms with Crippen molar-refractivity contribution < 1.29 is 4.79 Å². The van der Waals surface area contributed by atoms with Gasteiger partial charge in [0.2, 0.25) is 0 Å². The Hall–Kier alpha value is -1.81. The molecule has 2 aromatic rings. The summed E-state index contributed by atoms with van der Waals surface area (Å²) in [5.41, 5.74) is 1.81. The maximum Gasteiger partial charge on any atom is 0.253 e. The number of carbonyl (C=O) groups excluding carboxylic acids is 1. The Bertz CT molecular complexity index is 559. The van der Waals surface area contributed by atoms with Crippen LogP contribution in [0.5, 0.6) is 0 Å². The van der Waals surface area contributed by atoms with Crippen molar-refractivity contribution in [1.29, 1.82) is 0 Å². The number of hydrogen-bond donors (Lipinski definition) is 1. The van der Waals surface area contributed by atoms with Gasteiger partial charge in [-0.3, -0.25) is 4.79 Å². The zero-order chi connectivity index (χ0) is 13.8. The average Bonchev–Trinajstić information content (AvgIpc) is 2.84. The molecule has 1 amide bonds. The minimum absolute atomic E-state index is 0.0851. The van der Waals surface area contributed by atoms with E-state index in [9.17, 15) is 4.79 Å². The van der Waals surface area contributed by atoms with Gasteiger partial charge in [-0.2, -0.15) is 0 Å². The molecule has 1 heterocycles. The molecule has 1 N–H and O–H groups in total. The van der Waals surface area contributed by atoms with Gasteiger partial charge in [-0.05, 0) is 51.3 Å². The van der Waals surface area contributed by atoms with Crippen molar-refractivity contribution in [3.05, 3.63) is 36.0 Å². The fraction of sp³-hybridized carbons (Fsp3) is 0.400. The fourth-order valence-corrected chi connectivity index (χ4v) is 2.13. The zero-order valence-corrected chi connectivity index (χ0v) is 11.8. The molecule has 19 heavy (non-hydrogen) atoms. The van der Waals surface area contributed by atoms with Gasteiger partial charge in [-0.1, -0.05) is 0 Å². The molecule has 0 aliphatic carbocycles. The van der Waals surface area contributed by atoms with E-state index in [1.807, 2.05) is 51.6 Å². The lowest BCUT2D eigenvalue weighted by Crippen LogP contribution is -2.29. The van der Waals surface area contributed by atoms with Crippen LogP contribution in [0, 0.1) is 0 Å². The highest BCUT2D eigenvalue weighted by atomic mass is 16.2. The number of aromatic amines is 1. The quantitative estimate of drug-likeness (QED) is 0.894. The van der Waals surface area contributed by atoms with Crippen molar-refractivity contribution >= 4 is 16.8 Å². The van der Waals surface area contributed by atoms with Crippen molar-refractivity contribution in [2.45, 2.75) is 6.42 Å². The first-order valence-electron chi connectivity index (χ1n) is 6.55. The predicted octanol–water partition coefficient (Wildman–Crippen LogP) is 2.19. The van der Waals surface area contributed by atoms with E-state index >= 15 is 0 Å². The van der Waals surface area contributed by atoms with Crippen molar-refractivity contribution in [2.24, 2.45) is 0 Å². The Morgan fingerprint density at radius 3 is 2.68 bits per heavy atom. The van der Waals surface area contributed by atoms with E-state index in [1.165, 1.54) is 0 Å². The van der Waals surface area contributed by atoms with E-state index in [0.717, 1.165) is 36.0 Å². The smallest absolute Gasteiger partial charge is 0.253 e. The summed E-state index contributed by atoms with van der Waals surface area (Å²) in [7, 11) is 5.95. The van der Waals surface area contributed by atoms with E-state index in [1.54, 1.807) is 4.90 Å². The molecule has 0 saturated heterocycles. The third kappa shape index (κ3) is 3.35. The van der Waals surface area contributed by atoms with Gasteiger partial charge in [0.25, 0.3) is 5.91 Å². The molecule has 0 atom stereocenters. The van der Waals surface area contributed by atoms with Crippen LogP contribution in [-0.4, -0.2) is 54.9 Å². The first kappa shape index (κ1) is 13.6. The van der Waals surface area contributed by atoms with E-state index in [0.29, 0.717) is 0 Å². The standard InChI is InChI=1S/C15H21N3O/c1-17(2)9-4-10-18(3)15(19)13-5-6-14-12(11-13)7-8-16-14/h5-8,11,16H,4,9-10H2,1-3H3. The van der Waals surface area contributed by atoms with Crippen LogP contribution in [0.1, 0.15) is 16.8 Å². The number of carbonyl (C=O) groups is 1.